The minimum Gasteiger partial charge on any atom is -0.345 e. The first kappa shape index (κ1) is 13.6. The monoisotopic (exact) mass is 248 g/mol. The Kier molecular flexibility index (Phi) is 4.31. The van der Waals surface area contributed by atoms with Crippen LogP contribution in [0.15, 0.2) is 36.4 Å². The third-order valence-electron chi connectivity index (χ3n) is 2.16. The van der Waals surface area contributed by atoms with Gasteiger partial charge in [0, 0.05) is 37.9 Å². The molecule has 0 aromatic heterocycles. The van der Waals surface area contributed by atoms with Gasteiger partial charge in [0.05, 0.1) is 4.92 Å². The molecule has 18 heavy (non-hydrogen) atoms. The Morgan fingerprint density at radius 2 is 1.94 bits per heavy atom. The molecular weight excluding hydrogens is 236 g/mol. The molecule has 0 aliphatic heterocycles. The van der Waals surface area contributed by atoms with E-state index in [0.717, 1.165) is 12.2 Å². The Labute approximate surface area is 104 Å². The van der Waals surface area contributed by atoms with E-state index in [1.807, 2.05) is 0 Å². The number of hydrogen-bond donors (Lipinski definition) is 0. The summed E-state index contributed by atoms with van der Waals surface area (Å²) in [6.45, 7) is 0. The maximum absolute atomic E-state index is 11.7. The quantitative estimate of drug-likeness (QED) is 0.349. The van der Waals surface area contributed by atoms with Gasteiger partial charge < -0.3 is 4.90 Å². The zero-order valence-electron chi connectivity index (χ0n) is 9.99. The number of non-ortho nitro benzene ring substituents is 1. The summed E-state index contributed by atoms with van der Waals surface area (Å²) in [6, 6.07) is 5.35. The van der Waals surface area contributed by atoms with Crippen LogP contribution in [0.1, 0.15) is 10.4 Å². The first-order chi connectivity index (χ1) is 8.41. The molecule has 0 saturated heterocycles. The van der Waals surface area contributed by atoms with E-state index in [0.29, 0.717) is 0 Å². The number of nitro groups is 1. The van der Waals surface area contributed by atoms with E-state index in [1.54, 1.807) is 14.1 Å². The molecule has 0 bridgehead atoms. The Bertz CT molecular complexity index is 521. The molecule has 0 radical (unpaired) electrons. The summed E-state index contributed by atoms with van der Waals surface area (Å²) in [7, 11) is 3.12. The van der Waals surface area contributed by atoms with Crippen LogP contribution in [0.3, 0.4) is 0 Å². The number of ketones is 1. The van der Waals surface area contributed by atoms with Crippen LogP contribution in [0.2, 0.25) is 0 Å². The number of nitro benzene ring substituents is 1. The Balaban J connectivity index is 2.88. The first-order valence-corrected chi connectivity index (χ1v) is 5.10. The molecule has 6 heteroatoms. The highest BCUT2D eigenvalue weighted by Gasteiger charge is 2.09. The van der Waals surface area contributed by atoms with E-state index >= 15 is 0 Å². The Morgan fingerprint density at radius 1 is 1.28 bits per heavy atom. The van der Waals surface area contributed by atoms with Crippen molar-refractivity contribution in [2.45, 2.75) is 0 Å². The number of nitrogens with zero attached hydrogens (tertiary/aromatic N) is 2. The second-order valence-electron chi connectivity index (χ2n) is 3.74. The molecule has 0 aliphatic carbocycles. The average molecular weight is 248 g/mol. The van der Waals surface area contributed by atoms with E-state index in [9.17, 15) is 19.7 Å². The van der Waals surface area contributed by atoms with Gasteiger partial charge in [-0.2, -0.15) is 0 Å². The fourth-order valence-electron chi connectivity index (χ4n) is 1.17. The molecule has 1 rings (SSSR count). The number of carbonyl (C=O) groups is 2. The van der Waals surface area contributed by atoms with Gasteiger partial charge >= 0.3 is 0 Å². The number of carbonyl (C=O) groups excluding carboxylic acids is 2. The van der Waals surface area contributed by atoms with Gasteiger partial charge in [-0.15, -0.1) is 0 Å². The first-order valence-electron chi connectivity index (χ1n) is 5.10. The van der Waals surface area contributed by atoms with Crippen molar-refractivity contribution in [3.8, 4) is 0 Å². The molecule has 0 N–H and O–H groups in total. The van der Waals surface area contributed by atoms with Gasteiger partial charge in [-0.05, 0) is 6.08 Å². The highest BCUT2D eigenvalue weighted by molar-refractivity contribution is 6.07. The van der Waals surface area contributed by atoms with Crippen LogP contribution in [0.25, 0.3) is 0 Å². The van der Waals surface area contributed by atoms with Crippen molar-refractivity contribution < 1.29 is 14.5 Å². The molecule has 0 saturated carbocycles. The minimum absolute atomic E-state index is 0.159. The number of allylic oxidation sites excluding steroid dienone is 1. The molecule has 0 fully saturated rings. The third kappa shape index (κ3) is 3.51. The van der Waals surface area contributed by atoms with Gasteiger partial charge in [0.25, 0.3) is 5.69 Å². The fraction of sp³-hybridized carbons (Fsp3) is 0.167. The smallest absolute Gasteiger partial charge is 0.270 e. The molecule has 1 aromatic rings. The summed E-state index contributed by atoms with van der Waals surface area (Å²) in [5.41, 5.74) is 0.0141. The summed E-state index contributed by atoms with van der Waals surface area (Å²) in [5.74, 6) is -0.775. The Hall–Kier alpha value is -2.50. The molecular formula is C12H12N2O4. The lowest BCUT2D eigenvalue weighted by molar-refractivity contribution is -0.384. The third-order valence-corrected chi connectivity index (χ3v) is 2.16. The normalized spacial score (nSPS) is 10.3. The van der Waals surface area contributed by atoms with Crippen LogP contribution < -0.4 is 0 Å². The van der Waals surface area contributed by atoms with Crippen LogP contribution in [-0.2, 0) is 4.79 Å². The predicted octanol–water partition coefficient (Wildman–Crippen LogP) is 1.42. The second-order valence-corrected chi connectivity index (χ2v) is 3.74. The highest BCUT2D eigenvalue weighted by atomic mass is 16.6. The van der Waals surface area contributed by atoms with E-state index in [1.165, 1.54) is 29.2 Å². The summed E-state index contributed by atoms with van der Waals surface area (Å²) in [6.07, 6.45) is 2.22. The fourth-order valence-corrected chi connectivity index (χ4v) is 1.17. The van der Waals surface area contributed by atoms with Gasteiger partial charge in [0.15, 0.2) is 5.78 Å². The summed E-state index contributed by atoms with van der Waals surface area (Å²) >= 11 is 0. The van der Waals surface area contributed by atoms with E-state index in [2.05, 4.69) is 0 Å². The van der Waals surface area contributed by atoms with Gasteiger partial charge in [0.1, 0.15) is 0 Å². The number of rotatable bonds is 4. The van der Waals surface area contributed by atoms with E-state index < -0.39 is 10.7 Å². The standard InChI is InChI=1S/C12H12N2O4/c1-13(2)12(16)7-6-11(15)9-4-3-5-10(8-9)14(17)18/h3-8H,1-2H3/b7-6+. The van der Waals surface area contributed by atoms with E-state index in [4.69, 9.17) is 0 Å². The molecule has 1 amide bonds. The zero-order chi connectivity index (χ0) is 13.7. The van der Waals surface area contributed by atoms with Gasteiger partial charge in [-0.3, -0.25) is 19.7 Å². The minimum atomic E-state index is -0.578. The van der Waals surface area contributed by atoms with Crippen LogP contribution in [0.5, 0.6) is 0 Å². The van der Waals surface area contributed by atoms with Crippen molar-refractivity contribution in [2.75, 3.05) is 14.1 Å². The van der Waals surface area contributed by atoms with Gasteiger partial charge in [-0.1, -0.05) is 12.1 Å². The van der Waals surface area contributed by atoms with Crippen LogP contribution >= 0.6 is 0 Å². The summed E-state index contributed by atoms with van der Waals surface area (Å²) in [4.78, 5) is 34.2. The lowest BCUT2D eigenvalue weighted by Gasteiger charge is -2.04. The molecule has 0 aliphatic rings. The second kappa shape index (κ2) is 5.72. The highest BCUT2D eigenvalue weighted by Crippen LogP contribution is 2.13. The maximum Gasteiger partial charge on any atom is 0.270 e. The molecule has 0 heterocycles. The largest absolute Gasteiger partial charge is 0.345 e. The van der Waals surface area contributed by atoms with Crippen LogP contribution in [0, 0.1) is 10.1 Å². The van der Waals surface area contributed by atoms with Gasteiger partial charge in [-0.25, -0.2) is 0 Å². The van der Waals surface area contributed by atoms with Crippen LogP contribution in [0.4, 0.5) is 5.69 Å². The van der Waals surface area contributed by atoms with Gasteiger partial charge in [0.2, 0.25) is 5.91 Å². The molecule has 1 aromatic carbocycles. The molecule has 0 atom stereocenters. The van der Waals surface area contributed by atoms with Crippen LogP contribution in [-0.4, -0.2) is 35.6 Å². The molecule has 94 valence electrons. The number of benzene rings is 1. The van der Waals surface area contributed by atoms with Crippen molar-refractivity contribution >= 4 is 17.4 Å². The van der Waals surface area contributed by atoms with Crippen molar-refractivity contribution in [1.29, 1.82) is 0 Å². The lowest BCUT2D eigenvalue weighted by Crippen LogP contribution is -2.19. The van der Waals surface area contributed by atoms with Crippen molar-refractivity contribution in [3.05, 3.63) is 52.1 Å². The zero-order valence-corrected chi connectivity index (χ0v) is 9.99. The summed E-state index contributed by atoms with van der Waals surface area (Å²) < 4.78 is 0. The predicted molar refractivity (Wildman–Crippen MR) is 65.3 cm³/mol. The van der Waals surface area contributed by atoms with Crippen molar-refractivity contribution in [1.82, 2.24) is 4.90 Å². The number of amides is 1. The average Bonchev–Trinajstić information content (AvgIpc) is 2.35. The molecule has 0 unspecified atom stereocenters. The Morgan fingerprint density at radius 3 is 2.50 bits per heavy atom. The molecule has 0 spiro atoms. The lowest BCUT2D eigenvalue weighted by atomic mass is 10.1. The summed E-state index contributed by atoms with van der Waals surface area (Å²) in [5, 5.41) is 10.5. The number of likely N-dealkylation sites (N-methyl/N-ethyl adjacent to an activating group) is 1. The molecule has 6 nitrogen and oxygen atoms in total. The van der Waals surface area contributed by atoms with Crippen molar-refractivity contribution in [3.63, 3.8) is 0 Å². The topological polar surface area (TPSA) is 80.5 Å². The number of hydrogen-bond acceptors (Lipinski definition) is 4. The van der Waals surface area contributed by atoms with E-state index in [-0.39, 0.29) is 17.2 Å². The maximum atomic E-state index is 11.7. The SMILES string of the molecule is CN(C)C(=O)/C=C/C(=O)c1cccc([N+](=O)[O-])c1. The van der Waals surface area contributed by atoms with Crippen molar-refractivity contribution in [2.24, 2.45) is 0 Å².